The minimum Gasteiger partial charge on any atom is -0.491 e. The van der Waals surface area contributed by atoms with Crippen molar-refractivity contribution in [3.8, 4) is 5.75 Å². The summed E-state index contributed by atoms with van der Waals surface area (Å²) in [7, 11) is 2.04. The fourth-order valence-corrected chi connectivity index (χ4v) is 1.95. The molecule has 1 aromatic rings. The van der Waals surface area contributed by atoms with Crippen molar-refractivity contribution in [2.75, 3.05) is 26.7 Å². The quantitative estimate of drug-likeness (QED) is 0.660. The Hall–Kier alpha value is -1.06. The lowest BCUT2D eigenvalue weighted by Crippen LogP contribution is -2.33. The van der Waals surface area contributed by atoms with E-state index < -0.39 is 6.10 Å². The highest BCUT2D eigenvalue weighted by molar-refractivity contribution is 5.20. The predicted molar refractivity (Wildman–Crippen MR) is 79.3 cm³/mol. The lowest BCUT2D eigenvalue weighted by molar-refractivity contribution is 0.0759. The van der Waals surface area contributed by atoms with Crippen LogP contribution in [0.25, 0.3) is 0 Å². The molecule has 1 N–H and O–H groups in total. The monoisotopic (exact) mass is 264 g/mol. The van der Waals surface area contributed by atoms with E-state index in [4.69, 9.17) is 4.74 Å². The van der Waals surface area contributed by atoms with Gasteiger partial charge in [0.15, 0.2) is 0 Å². The molecule has 19 heavy (non-hydrogen) atoms. The van der Waals surface area contributed by atoms with E-state index in [0.29, 0.717) is 13.2 Å². The number of aliphatic hydroxyl groups excluding tert-OH is 1. The summed E-state index contributed by atoms with van der Waals surface area (Å²) in [6.07, 6.45) is 4.13. The van der Waals surface area contributed by atoms with Gasteiger partial charge in [0.25, 0.3) is 0 Å². The first kappa shape index (κ1) is 16.0. The molecule has 1 aromatic carbocycles. The van der Waals surface area contributed by atoms with Crippen molar-refractivity contribution in [1.29, 1.82) is 0 Å². The molecule has 0 heterocycles. The van der Waals surface area contributed by atoms with E-state index in [0.717, 1.165) is 25.1 Å². The molecule has 0 fully saturated rings. The zero-order valence-corrected chi connectivity index (χ0v) is 11.9. The van der Waals surface area contributed by atoms with Crippen LogP contribution in [0.5, 0.6) is 5.75 Å². The molecule has 107 valence electrons. The summed E-state index contributed by atoms with van der Waals surface area (Å²) >= 11 is 0. The van der Waals surface area contributed by atoms with Crippen molar-refractivity contribution in [2.24, 2.45) is 0 Å². The van der Waals surface area contributed by atoms with Crippen LogP contribution in [0.3, 0.4) is 0 Å². The van der Waals surface area contributed by atoms with E-state index >= 15 is 0 Å². The summed E-state index contributed by atoms with van der Waals surface area (Å²) in [6, 6.07) is 9.60. The van der Waals surface area contributed by atoms with Gasteiger partial charge in [0.05, 0.1) is 0 Å². The van der Waals surface area contributed by atoms with Gasteiger partial charge in [-0.15, -0.1) is 0 Å². The summed E-state index contributed by atoms with van der Waals surface area (Å²) in [5.41, 5.74) is 0. The van der Waals surface area contributed by atoms with E-state index in [2.05, 4.69) is 11.8 Å². The fourth-order valence-electron chi connectivity index (χ4n) is 1.95. The molecule has 0 saturated carbocycles. The van der Waals surface area contributed by atoms with E-state index in [9.17, 15) is 5.11 Å². The third kappa shape index (κ3) is 7.85. The zero-order chi connectivity index (χ0) is 13.9. The molecule has 0 amide bonds. The maximum Gasteiger partial charge on any atom is 0.119 e. The highest BCUT2D eigenvalue weighted by Crippen LogP contribution is 2.08. The first-order valence-corrected chi connectivity index (χ1v) is 7.06. The normalized spacial score (nSPS) is 12.6. The molecule has 1 atom stereocenters. The lowest BCUT2D eigenvalue weighted by Gasteiger charge is -2.20. The van der Waals surface area contributed by atoms with Crippen molar-refractivity contribution >= 4 is 0 Å². The lowest BCUT2D eigenvalue weighted by atomic mass is 10.2. The second kappa shape index (κ2) is 9.82. The Labute approximate surface area is 117 Å². The Morgan fingerprint density at radius 1 is 1.21 bits per heavy atom. The van der Waals surface area contributed by atoms with Gasteiger partial charge in [-0.1, -0.05) is 44.4 Å². The average molecular weight is 264 g/mol. The van der Waals surface area contributed by atoms with Crippen LogP contribution in [-0.2, 0) is 0 Å². The number of hydrogen-bond acceptors (Lipinski definition) is 3. The van der Waals surface area contributed by atoms with Crippen molar-refractivity contribution in [2.45, 2.75) is 31.8 Å². The molecule has 1 radical (unpaired) electrons. The maximum absolute atomic E-state index is 9.91. The third-order valence-corrected chi connectivity index (χ3v) is 3.00. The second-order valence-corrected chi connectivity index (χ2v) is 4.95. The summed E-state index contributed by atoms with van der Waals surface area (Å²) in [5, 5.41) is 9.91. The van der Waals surface area contributed by atoms with Gasteiger partial charge in [-0.25, -0.2) is 0 Å². The minimum absolute atomic E-state index is 0.341. The molecule has 0 aliphatic heterocycles. The fraction of sp³-hybridized carbons (Fsp3) is 0.562. The molecule has 0 aliphatic rings. The Morgan fingerprint density at radius 2 is 1.95 bits per heavy atom. The topological polar surface area (TPSA) is 32.7 Å². The maximum atomic E-state index is 9.91. The van der Waals surface area contributed by atoms with Crippen LogP contribution in [0, 0.1) is 6.92 Å². The number of ether oxygens (including phenoxy) is 1. The molecule has 0 saturated heterocycles. The molecule has 0 aliphatic carbocycles. The van der Waals surface area contributed by atoms with Crippen LogP contribution in [0.15, 0.2) is 30.3 Å². The van der Waals surface area contributed by atoms with E-state index in [-0.39, 0.29) is 0 Å². The number of para-hydroxylation sites is 1. The van der Waals surface area contributed by atoms with Crippen molar-refractivity contribution in [3.05, 3.63) is 37.3 Å². The molecular formula is C16H26NO2. The van der Waals surface area contributed by atoms with Crippen LogP contribution >= 0.6 is 0 Å². The van der Waals surface area contributed by atoms with Crippen LogP contribution in [0.1, 0.15) is 25.7 Å². The number of rotatable bonds is 10. The molecule has 3 heteroatoms. The van der Waals surface area contributed by atoms with Gasteiger partial charge in [0, 0.05) is 6.54 Å². The van der Waals surface area contributed by atoms with Crippen LogP contribution in [-0.4, -0.2) is 42.9 Å². The largest absolute Gasteiger partial charge is 0.491 e. The predicted octanol–water partition coefficient (Wildman–Crippen LogP) is 2.75. The third-order valence-electron chi connectivity index (χ3n) is 3.00. The molecule has 0 aromatic heterocycles. The number of benzene rings is 1. The van der Waals surface area contributed by atoms with Gasteiger partial charge >= 0.3 is 0 Å². The molecule has 1 rings (SSSR count). The smallest absolute Gasteiger partial charge is 0.119 e. The molecule has 0 bridgehead atoms. The van der Waals surface area contributed by atoms with Gasteiger partial charge in [0.1, 0.15) is 18.5 Å². The molecule has 1 unspecified atom stereocenters. The zero-order valence-electron chi connectivity index (χ0n) is 11.9. The number of aliphatic hydroxyl groups is 1. The Bertz CT molecular complexity index is 316. The first-order chi connectivity index (χ1) is 9.22. The molecular weight excluding hydrogens is 238 g/mol. The average Bonchev–Trinajstić information content (AvgIpc) is 2.42. The van der Waals surface area contributed by atoms with Gasteiger partial charge in [-0.2, -0.15) is 0 Å². The van der Waals surface area contributed by atoms with Crippen LogP contribution < -0.4 is 4.74 Å². The first-order valence-electron chi connectivity index (χ1n) is 7.06. The summed E-state index contributed by atoms with van der Waals surface area (Å²) in [6.45, 7) is 5.84. The number of nitrogens with zero attached hydrogens (tertiary/aromatic N) is 1. The van der Waals surface area contributed by atoms with Gasteiger partial charge < -0.3 is 14.7 Å². The van der Waals surface area contributed by atoms with Gasteiger partial charge in [0.2, 0.25) is 0 Å². The van der Waals surface area contributed by atoms with Crippen molar-refractivity contribution < 1.29 is 9.84 Å². The van der Waals surface area contributed by atoms with E-state index in [1.165, 1.54) is 12.8 Å². The summed E-state index contributed by atoms with van der Waals surface area (Å²) in [5.74, 6) is 0.805. The number of unbranched alkanes of at least 4 members (excludes halogenated alkanes) is 3. The summed E-state index contributed by atoms with van der Waals surface area (Å²) < 4.78 is 5.53. The SMILES string of the molecule is [CH2]CCCCCN(C)CC(O)COc1ccccc1. The highest BCUT2D eigenvalue weighted by atomic mass is 16.5. The minimum atomic E-state index is -0.446. The van der Waals surface area contributed by atoms with Crippen molar-refractivity contribution in [1.82, 2.24) is 4.90 Å². The van der Waals surface area contributed by atoms with Gasteiger partial charge in [-0.3, -0.25) is 0 Å². The number of likely N-dealkylation sites (N-methyl/N-ethyl adjacent to an activating group) is 1. The number of hydrogen-bond donors (Lipinski definition) is 1. The Morgan fingerprint density at radius 3 is 2.63 bits per heavy atom. The Kier molecular flexibility index (Phi) is 8.26. The highest BCUT2D eigenvalue weighted by Gasteiger charge is 2.08. The van der Waals surface area contributed by atoms with Crippen molar-refractivity contribution in [3.63, 3.8) is 0 Å². The summed E-state index contributed by atoms with van der Waals surface area (Å²) in [4.78, 5) is 2.15. The standard InChI is InChI=1S/C16H26NO2/c1-3-4-5-9-12-17(2)13-15(18)14-19-16-10-7-6-8-11-16/h6-8,10-11,15,18H,1,3-5,9,12-14H2,2H3. The molecule has 3 nitrogen and oxygen atoms in total. The molecule has 0 spiro atoms. The van der Waals surface area contributed by atoms with Gasteiger partial charge in [-0.05, 0) is 32.1 Å². The van der Waals surface area contributed by atoms with E-state index in [1.54, 1.807) is 0 Å². The Balaban J connectivity index is 2.11. The van der Waals surface area contributed by atoms with Crippen LogP contribution in [0.2, 0.25) is 0 Å². The second-order valence-electron chi connectivity index (χ2n) is 4.95. The van der Waals surface area contributed by atoms with Crippen LogP contribution in [0.4, 0.5) is 0 Å². The van der Waals surface area contributed by atoms with E-state index in [1.807, 2.05) is 37.4 Å².